The number of fused-ring (bicyclic) bond motifs is 1. The minimum absolute atomic E-state index is 0.0677. The number of anilines is 1. The zero-order valence-corrected chi connectivity index (χ0v) is 12.6. The summed E-state index contributed by atoms with van der Waals surface area (Å²) >= 11 is 3.15. The van der Waals surface area contributed by atoms with Gasteiger partial charge in [-0.15, -0.1) is 5.10 Å². The Labute approximate surface area is 124 Å². The summed E-state index contributed by atoms with van der Waals surface area (Å²) in [5.41, 5.74) is 1.77. The van der Waals surface area contributed by atoms with Crippen LogP contribution in [0.3, 0.4) is 0 Å². The van der Waals surface area contributed by atoms with Crippen molar-refractivity contribution in [2.24, 2.45) is 0 Å². The molecule has 0 unspecified atom stereocenters. The Hall–Kier alpha value is -1.86. The summed E-state index contributed by atoms with van der Waals surface area (Å²) in [6, 6.07) is 7.69. The molecule has 0 bridgehead atoms. The highest BCUT2D eigenvalue weighted by Crippen LogP contribution is 2.31. The minimum Gasteiger partial charge on any atom is -0.326 e. The summed E-state index contributed by atoms with van der Waals surface area (Å²) < 4.78 is 2.74. The molecule has 2 heterocycles. The standard InChI is InChI=1S/C13H12N4OS2/c1-8-7-17-12(14-8)20-13(16-17)19-11-5-3-10(4-6-11)15-9(2)18/h3-7H,1-2H3,(H,15,18). The first-order valence-electron chi connectivity index (χ1n) is 5.98. The van der Waals surface area contributed by atoms with E-state index in [0.29, 0.717) is 0 Å². The van der Waals surface area contributed by atoms with Crippen molar-refractivity contribution in [2.75, 3.05) is 5.32 Å². The van der Waals surface area contributed by atoms with Crippen LogP contribution in [-0.4, -0.2) is 20.5 Å². The number of aryl methyl sites for hydroxylation is 1. The summed E-state index contributed by atoms with van der Waals surface area (Å²) in [5.74, 6) is -0.0677. The molecule has 1 amide bonds. The van der Waals surface area contributed by atoms with Gasteiger partial charge in [-0.2, -0.15) is 0 Å². The Balaban J connectivity index is 1.76. The molecule has 1 N–H and O–H groups in total. The van der Waals surface area contributed by atoms with Crippen molar-refractivity contribution < 1.29 is 4.79 Å². The summed E-state index contributed by atoms with van der Waals surface area (Å²) in [6.07, 6.45) is 1.91. The molecule has 102 valence electrons. The third kappa shape index (κ3) is 2.83. The van der Waals surface area contributed by atoms with E-state index >= 15 is 0 Å². The molecule has 0 aliphatic rings. The highest BCUT2D eigenvalue weighted by atomic mass is 32.2. The second-order valence-corrected chi connectivity index (χ2v) is 6.56. The molecule has 5 nitrogen and oxygen atoms in total. The number of nitrogens with one attached hydrogen (secondary N) is 1. The van der Waals surface area contributed by atoms with Gasteiger partial charge in [0.25, 0.3) is 0 Å². The van der Waals surface area contributed by atoms with Gasteiger partial charge >= 0.3 is 0 Å². The maximum absolute atomic E-state index is 11.0. The van der Waals surface area contributed by atoms with E-state index in [1.165, 1.54) is 6.92 Å². The molecule has 0 saturated carbocycles. The van der Waals surface area contributed by atoms with E-state index in [0.717, 1.165) is 25.6 Å². The van der Waals surface area contributed by atoms with Gasteiger partial charge in [0.05, 0.1) is 11.9 Å². The highest BCUT2D eigenvalue weighted by molar-refractivity contribution is 8.01. The number of rotatable bonds is 3. The fourth-order valence-corrected chi connectivity index (χ4v) is 3.69. The molecule has 0 aliphatic heterocycles. The van der Waals surface area contributed by atoms with Gasteiger partial charge < -0.3 is 5.32 Å². The predicted molar refractivity (Wildman–Crippen MR) is 80.5 cm³/mol. The minimum atomic E-state index is -0.0677. The number of amides is 1. The van der Waals surface area contributed by atoms with Crippen LogP contribution >= 0.6 is 23.1 Å². The van der Waals surface area contributed by atoms with Crippen LogP contribution in [0.25, 0.3) is 4.96 Å². The Bertz CT molecular complexity index is 729. The molecule has 0 aliphatic carbocycles. The van der Waals surface area contributed by atoms with E-state index in [2.05, 4.69) is 15.4 Å². The van der Waals surface area contributed by atoms with Crippen LogP contribution in [0.15, 0.2) is 39.7 Å². The van der Waals surface area contributed by atoms with Gasteiger partial charge in [-0.25, -0.2) is 9.50 Å². The summed E-state index contributed by atoms with van der Waals surface area (Å²) in [5, 5.41) is 7.21. The lowest BCUT2D eigenvalue weighted by Crippen LogP contribution is -2.05. The Morgan fingerprint density at radius 1 is 1.35 bits per heavy atom. The van der Waals surface area contributed by atoms with E-state index < -0.39 is 0 Å². The number of imidazole rings is 1. The van der Waals surface area contributed by atoms with Crippen molar-refractivity contribution in [3.8, 4) is 0 Å². The first kappa shape index (κ1) is 13.1. The van der Waals surface area contributed by atoms with Gasteiger partial charge in [-0.05, 0) is 31.2 Å². The fourth-order valence-electron chi connectivity index (χ4n) is 1.74. The summed E-state index contributed by atoms with van der Waals surface area (Å²) in [4.78, 5) is 17.3. The molecule has 0 spiro atoms. The van der Waals surface area contributed by atoms with Crippen LogP contribution in [0, 0.1) is 6.92 Å². The zero-order chi connectivity index (χ0) is 14.1. The number of benzene rings is 1. The van der Waals surface area contributed by atoms with E-state index in [1.54, 1.807) is 27.6 Å². The van der Waals surface area contributed by atoms with Crippen molar-refractivity contribution in [3.63, 3.8) is 0 Å². The first-order chi connectivity index (χ1) is 9.60. The number of carbonyl (C=O) groups is 1. The molecular formula is C13H12N4OS2. The topological polar surface area (TPSA) is 59.3 Å². The quantitative estimate of drug-likeness (QED) is 0.807. The third-order valence-corrected chi connectivity index (χ3v) is 4.51. The Morgan fingerprint density at radius 3 is 2.75 bits per heavy atom. The van der Waals surface area contributed by atoms with Crippen LogP contribution in [0.4, 0.5) is 5.69 Å². The number of nitrogens with zero attached hydrogens (tertiary/aromatic N) is 3. The smallest absolute Gasteiger partial charge is 0.221 e. The molecule has 0 saturated heterocycles. The Morgan fingerprint density at radius 2 is 2.10 bits per heavy atom. The van der Waals surface area contributed by atoms with Crippen molar-refractivity contribution in [1.29, 1.82) is 0 Å². The molecule has 0 atom stereocenters. The van der Waals surface area contributed by atoms with Crippen LogP contribution in [0.2, 0.25) is 0 Å². The molecule has 1 aromatic carbocycles. The van der Waals surface area contributed by atoms with Crippen molar-refractivity contribution in [3.05, 3.63) is 36.2 Å². The normalized spacial score (nSPS) is 10.9. The van der Waals surface area contributed by atoms with Gasteiger partial charge in [0.2, 0.25) is 10.9 Å². The second-order valence-electron chi connectivity index (χ2n) is 4.29. The van der Waals surface area contributed by atoms with Crippen LogP contribution in [-0.2, 0) is 4.79 Å². The second kappa shape index (κ2) is 5.26. The van der Waals surface area contributed by atoms with Crippen LogP contribution < -0.4 is 5.32 Å². The summed E-state index contributed by atoms with van der Waals surface area (Å²) in [7, 11) is 0. The van der Waals surface area contributed by atoms with Gasteiger partial charge in [-0.1, -0.05) is 23.1 Å². The third-order valence-electron chi connectivity index (χ3n) is 2.52. The SMILES string of the molecule is CC(=O)Nc1ccc(Sc2nn3cc(C)nc3s2)cc1. The lowest BCUT2D eigenvalue weighted by atomic mass is 10.3. The van der Waals surface area contributed by atoms with Crippen molar-refractivity contribution in [1.82, 2.24) is 14.6 Å². The molecular weight excluding hydrogens is 292 g/mol. The number of hydrogen-bond donors (Lipinski definition) is 1. The van der Waals surface area contributed by atoms with Crippen LogP contribution in [0.1, 0.15) is 12.6 Å². The van der Waals surface area contributed by atoms with Gasteiger partial charge in [-0.3, -0.25) is 4.79 Å². The Kier molecular flexibility index (Phi) is 3.45. The molecule has 3 aromatic rings. The van der Waals surface area contributed by atoms with Crippen molar-refractivity contribution in [2.45, 2.75) is 23.1 Å². The average Bonchev–Trinajstić information content (AvgIpc) is 2.87. The predicted octanol–water partition coefficient (Wildman–Crippen LogP) is 3.21. The number of carbonyl (C=O) groups excluding carboxylic acids is 1. The molecule has 2 aromatic heterocycles. The molecule has 3 rings (SSSR count). The monoisotopic (exact) mass is 304 g/mol. The van der Waals surface area contributed by atoms with E-state index in [-0.39, 0.29) is 5.91 Å². The van der Waals surface area contributed by atoms with Crippen LogP contribution in [0.5, 0.6) is 0 Å². The molecule has 7 heteroatoms. The molecule has 0 fully saturated rings. The van der Waals surface area contributed by atoms with E-state index in [1.807, 2.05) is 37.4 Å². The molecule has 20 heavy (non-hydrogen) atoms. The van der Waals surface area contributed by atoms with E-state index in [4.69, 9.17) is 0 Å². The number of hydrogen-bond acceptors (Lipinski definition) is 5. The van der Waals surface area contributed by atoms with Gasteiger partial charge in [0.1, 0.15) is 0 Å². The van der Waals surface area contributed by atoms with Crippen molar-refractivity contribution >= 4 is 39.7 Å². The maximum Gasteiger partial charge on any atom is 0.221 e. The zero-order valence-electron chi connectivity index (χ0n) is 11.0. The number of aromatic nitrogens is 3. The lowest BCUT2D eigenvalue weighted by Gasteiger charge is -2.02. The first-order valence-corrected chi connectivity index (χ1v) is 7.62. The average molecular weight is 304 g/mol. The maximum atomic E-state index is 11.0. The largest absolute Gasteiger partial charge is 0.326 e. The molecule has 0 radical (unpaired) electrons. The lowest BCUT2D eigenvalue weighted by molar-refractivity contribution is -0.114. The highest BCUT2D eigenvalue weighted by Gasteiger charge is 2.08. The summed E-state index contributed by atoms with van der Waals surface area (Å²) in [6.45, 7) is 3.45. The van der Waals surface area contributed by atoms with E-state index in [9.17, 15) is 4.79 Å². The van der Waals surface area contributed by atoms with Gasteiger partial charge in [0, 0.05) is 17.5 Å². The van der Waals surface area contributed by atoms with Gasteiger partial charge in [0.15, 0.2) is 4.34 Å². The fraction of sp³-hybridized carbons (Fsp3) is 0.154.